The molecule has 2 aliphatic rings. The Bertz CT molecular complexity index is 836. The lowest BCUT2D eigenvalue weighted by atomic mass is 9.95. The van der Waals surface area contributed by atoms with E-state index in [1.54, 1.807) is 0 Å². The third-order valence-corrected chi connectivity index (χ3v) is 6.63. The highest BCUT2D eigenvalue weighted by molar-refractivity contribution is 5.84. The molecule has 5 heteroatoms. The summed E-state index contributed by atoms with van der Waals surface area (Å²) >= 11 is 0. The molecule has 1 aliphatic heterocycles. The van der Waals surface area contributed by atoms with Gasteiger partial charge in [0, 0.05) is 42.7 Å². The number of nitrogens with one attached hydrogen (secondary N) is 2. The van der Waals surface area contributed by atoms with Crippen LogP contribution in [-0.2, 0) is 16.0 Å². The van der Waals surface area contributed by atoms with Crippen LogP contribution >= 0.6 is 0 Å². The number of para-hydroxylation sites is 1. The number of piperidine rings is 1. The Morgan fingerprint density at radius 1 is 1.03 bits per heavy atom. The van der Waals surface area contributed by atoms with Gasteiger partial charge in [0.05, 0.1) is 5.92 Å². The molecule has 1 unspecified atom stereocenters. The number of H-pyrrole nitrogens is 1. The third-order valence-electron chi connectivity index (χ3n) is 6.63. The first-order valence-electron chi connectivity index (χ1n) is 11.3. The standard InChI is InChI=1S/C24H33N3O2/c28-23(14-13-18-16-25-22-12-6-5-11-21(18)22)27-15-7-8-19(17-27)24(29)26-20-9-3-1-2-4-10-20/h5-6,11-12,16,19-20,25H,1-4,7-10,13-15,17H2,(H,26,29). The van der Waals surface area contributed by atoms with Crippen molar-refractivity contribution in [3.05, 3.63) is 36.0 Å². The van der Waals surface area contributed by atoms with Crippen molar-refractivity contribution in [3.8, 4) is 0 Å². The van der Waals surface area contributed by atoms with E-state index in [0.717, 1.165) is 44.2 Å². The summed E-state index contributed by atoms with van der Waals surface area (Å²) < 4.78 is 0. The maximum Gasteiger partial charge on any atom is 0.225 e. The number of aromatic amines is 1. The van der Waals surface area contributed by atoms with Crippen LogP contribution in [-0.4, -0.2) is 40.8 Å². The number of benzene rings is 1. The zero-order chi connectivity index (χ0) is 20.1. The van der Waals surface area contributed by atoms with E-state index >= 15 is 0 Å². The maximum atomic E-state index is 12.8. The molecule has 2 aromatic rings. The van der Waals surface area contributed by atoms with Gasteiger partial charge in [-0.25, -0.2) is 0 Å². The lowest BCUT2D eigenvalue weighted by molar-refractivity contribution is -0.135. The van der Waals surface area contributed by atoms with Gasteiger partial charge in [0.25, 0.3) is 0 Å². The molecule has 2 fully saturated rings. The molecule has 1 aromatic carbocycles. The Kier molecular flexibility index (Phi) is 6.53. The Labute approximate surface area is 173 Å². The van der Waals surface area contributed by atoms with E-state index in [-0.39, 0.29) is 17.7 Å². The van der Waals surface area contributed by atoms with Crippen LogP contribution in [0.5, 0.6) is 0 Å². The van der Waals surface area contributed by atoms with Gasteiger partial charge in [-0.1, -0.05) is 43.9 Å². The fourth-order valence-electron chi connectivity index (χ4n) is 4.90. The Morgan fingerprint density at radius 3 is 2.66 bits per heavy atom. The van der Waals surface area contributed by atoms with Gasteiger partial charge in [0.15, 0.2) is 0 Å². The van der Waals surface area contributed by atoms with Gasteiger partial charge in [-0.15, -0.1) is 0 Å². The van der Waals surface area contributed by atoms with E-state index in [1.165, 1.54) is 36.6 Å². The lowest BCUT2D eigenvalue weighted by Gasteiger charge is -2.33. The first kappa shape index (κ1) is 20.0. The molecular formula is C24H33N3O2. The molecule has 2 heterocycles. The number of hydrogen-bond donors (Lipinski definition) is 2. The molecule has 0 radical (unpaired) electrons. The van der Waals surface area contributed by atoms with Crippen LogP contribution in [0.15, 0.2) is 30.5 Å². The summed E-state index contributed by atoms with van der Waals surface area (Å²) in [5.41, 5.74) is 2.30. The Balaban J connectivity index is 1.29. The van der Waals surface area contributed by atoms with E-state index in [2.05, 4.69) is 22.4 Å². The van der Waals surface area contributed by atoms with Crippen molar-refractivity contribution in [2.24, 2.45) is 5.92 Å². The van der Waals surface area contributed by atoms with Gasteiger partial charge in [0.1, 0.15) is 0 Å². The highest BCUT2D eigenvalue weighted by atomic mass is 16.2. The van der Waals surface area contributed by atoms with Crippen LogP contribution in [0.25, 0.3) is 10.9 Å². The molecule has 0 spiro atoms. The van der Waals surface area contributed by atoms with Gasteiger partial charge in [-0.3, -0.25) is 9.59 Å². The molecule has 156 valence electrons. The number of rotatable bonds is 5. The first-order valence-corrected chi connectivity index (χ1v) is 11.3. The van der Waals surface area contributed by atoms with Crippen molar-refractivity contribution in [1.29, 1.82) is 0 Å². The summed E-state index contributed by atoms with van der Waals surface area (Å²) in [6, 6.07) is 8.53. The molecule has 1 aromatic heterocycles. The van der Waals surface area contributed by atoms with Gasteiger partial charge < -0.3 is 15.2 Å². The van der Waals surface area contributed by atoms with Crippen LogP contribution in [0.3, 0.4) is 0 Å². The zero-order valence-electron chi connectivity index (χ0n) is 17.3. The average molecular weight is 396 g/mol. The molecule has 5 nitrogen and oxygen atoms in total. The second-order valence-corrected chi connectivity index (χ2v) is 8.74. The van der Waals surface area contributed by atoms with Crippen molar-refractivity contribution in [1.82, 2.24) is 15.2 Å². The van der Waals surface area contributed by atoms with Crippen molar-refractivity contribution >= 4 is 22.7 Å². The van der Waals surface area contributed by atoms with Gasteiger partial charge in [-0.05, 0) is 43.7 Å². The summed E-state index contributed by atoms with van der Waals surface area (Å²) in [7, 11) is 0. The first-order chi connectivity index (χ1) is 14.2. The van der Waals surface area contributed by atoms with E-state index in [1.807, 2.05) is 23.2 Å². The summed E-state index contributed by atoms with van der Waals surface area (Å²) in [5, 5.41) is 4.48. The second kappa shape index (κ2) is 9.47. The van der Waals surface area contributed by atoms with Crippen molar-refractivity contribution < 1.29 is 9.59 Å². The quantitative estimate of drug-likeness (QED) is 0.746. The average Bonchev–Trinajstić information content (AvgIpc) is 2.99. The fourth-order valence-corrected chi connectivity index (χ4v) is 4.90. The molecular weight excluding hydrogens is 362 g/mol. The van der Waals surface area contributed by atoms with Crippen LogP contribution in [0.4, 0.5) is 0 Å². The molecule has 0 bridgehead atoms. The highest BCUT2D eigenvalue weighted by Crippen LogP contribution is 2.22. The number of aryl methyl sites for hydroxylation is 1. The van der Waals surface area contributed by atoms with Crippen LogP contribution in [0, 0.1) is 5.92 Å². The predicted molar refractivity (Wildman–Crippen MR) is 116 cm³/mol. The Morgan fingerprint density at radius 2 is 1.83 bits per heavy atom. The molecule has 2 N–H and O–H groups in total. The fraction of sp³-hybridized carbons (Fsp3) is 0.583. The monoisotopic (exact) mass is 395 g/mol. The predicted octanol–water partition coefficient (Wildman–Crippen LogP) is 4.18. The van der Waals surface area contributed by atoms with Crippen LogP contribution < -0.4 is 5.32 Å². The normalized spacial score (nSPS) is 21.1. The van der Waals surface area contributed by atoms with E-state index in [9.17, 15) is 9.59 Å². The zero-order valence-corrected chi connectivity index (χ0v) is 17.3. The van der Waals surface area contributed by atoms with Crippen LogP contribution in [0.2, 0.25) is 0 Å². The summed E-state index contributed by atoms with van der Waals surface area (Å²) in [6.07, 6.45) is 12.3. The molecule has 2 amide bonds. The minimum atomic E-state index is -0.0518. The maximum absolute atomic E-state index is 12.8. The second-order valence-electron chi connectivity index (χ2n) is 8.74. The number of fused-ring (bicyclic) bond motifs is 1. The molecule has 4 rings (SSSR count). The summed E-state index contributed by atoms with van der Waals surface area (Å²) in [6.45, 7) is 1.35. The number of amides is 2. The number of carbonyl (C=O) groups excluding carboxylic acids is 2. The minimum Gasteiger partial charge on any atom is -0.361 e. The molecule has 1 aliphatic carbocycles. The molecule has 1 saturated heterocycles. The number of nitrogens with zero attached hydrogens (tertiary/aromatic N) is 1. The third kappa shape index (κ3) is 5.01. The topological polar surface area (TPSA) is 65.2 Å². The molecule has 29 heavy (non-hydrogen) atoms. The van der Waals surface area contributed by atoms with E-state index < -0.39 is 0 Å². The summed E-state index contributed by atoms with van der Waals surface area (Å²) in [4.78, 5) is 30.8. The van der Waals surface area contributed by atoms with Crippen molar-refractivity contribution in [2.45, 2.75) is 70.3 Å². The Hall–Kier alpha value is -2.30. The SMILES string of the molecule is O=C(NC1CCCCCC1)C1CCCN(C(=O)CCc2c[nH]c3ccccc23)C1. The van der Waals surface area contributed by atoms with Gasteiger partial charge in [-0.2, -0.15) is 0 Å². The lowest BCUT2D eigenvalue weighted by Crippen LogP contribution is -2.47. The summed E-state index contributed by atoms with van der Waals surface area (Å²) in [5.74, 6) is 0.275. The molecule has 1 atom stereocenters. The number of aromatic nitrogens is 1. The molecule has 1 saturated carbocycles. The van der Waals surface area contributed by atoms with Gasteiger partial charge in [0.2, 0.25) is 11.8 Å². The van der Waals surface area contributed by atoms with Gasteiger partial charge >= 0.3 is 0 Å². The smallest absolute Gasteiger partial charge is 0.225 e. The van der Waals surface area contributed by atoms with E-state index in [0.29, 0.717) is 19.0 Å². The van der Waals surface area contributed by atoms with Crippen molar-refractivity contribution in [2.75, 3.05) is 13.1 Å². The number of likely N-dealkylation sites (tertiary alicyclic amines) is 1. The largest absolute Gasteiger partial charge is 0.361 e. The minimum absolute atomic E-state index is 0.0518. The van der Waals surface area contributed by atoms with E-state index in [4.69, 9.17) is 0 Å². The van der Waals surface area contributed by atoms with Crippen molar-refractivity contribution in [3.63, 3.8) is 0 Å². The number of hydrogen-bond acceptors (Lipinski definition) is 2. The number of carbonyl (C=O) groups is 2. The van der Waals surface area contributed by atoms with Crippen LogP contribution in [0.1, 0.15) is 63.4 Å². The highest BCUT2D eigenvalue weighted by Gasteiger charge is 2.29.